The Bertz CT molecular complexity index is 2150. The highest BCUT2D eigenvalue weighted by molar-refractivity contribution is 6.07. The second-order valence-electron chi connectivity index (χ2n) is 12.1. The van der Waals surface area contributed by atoms with Crippen molar-refractivity contribution in [2.24, 2.45) is 0 Å². The maximum absolute atomic E-state index is 7.40. The zero-order valence-electron chi connectivity index (χ0n) is 26.3. The molecule has 0 bridgehead atoms. The molecular weight excluding hydrogens is 568 g/mol. The molecule has 0 aromatic heterocycles. The zero-order chi connectivity index (χ0) is 31.5. The summed E-state index contributed by atoms with van der Waals surface area (Å²) >= 11 is 0. The molecule has 46 heavy (non-hydrogen) atoms. The molecule has 0 saturated carbocycles. The van der Waals surface area contributed by atoms with Gasteiger partial charge in [-0.05, 0) is 88.7 Å². The quantitative estimate of drug-likeness (QED) is 0.190. The van der Waals surface area contributed by atoms with Gasteiger partial charge in [0.05, 0.1) is 21.3 Å². The minimum atomic E-state index is -0.838. The largest absolute Gasteiger partial charge is 0.497 e. The Morgan fingerprint density at radius 3 is 1.93 bits per heavy atom. The standard InChI is InChI=1S/C42H34O4/c1-41(29-13-10-14-31(25-29)44-3)37-26-32(45-4)21-22-35(37)38-36-23-24-42(27-11-6-5-7-12-27,28-17-19-30(43-2)20-18-28)46-40(36)34-16-9-8-15-33(34)39(38)41/h5-26H,1-4H3. The molecule has 4 heteroatoms. The van der Waals surface area contributed by atoms with E-state index in [1.807, 2.05) is 24.3 Å². The van der Waals surface area contributed by atoms with Gasteiger partial charge in [-0.3, -0.25) is 0 Å². The molecule has 2 aliphatic rings. The Hall–Kier alpha value is -5.48. The first-order valence-electron chi connectivity index (χ1n) is 15.5. The van der Waals surface area contributed by atoms with Crippen LogP contribution in [-0.4, -0.2) is 21.3 Å². The SMILES string of the molecule is COc1ccc(C2(c3ccccc3)C=Cc3c4c(c5ccccc5c3O2)C(C)(c2cccc(OC)c2)c2cc(OC)ccc2-4)cc1. The predicted octanol–water partition coefficient (Wildman–Crippen LogP) is 9.55. The van der Waals surface area contributed by atoms with Crippen LogP contribution < -0.4 is 18.9 Å². The predicted molar refractivity (Wildman–Crippen MR) is 184 cm³/mol. The van der Waals surface area contributed by atoms with Crippen LogP contribution >= 0.6 is 0 Å². The smallest absolute Gasteiger partial charge is 0.178 e. The summed E-state index contributed by atoms with van der Waals surface area (Å²) in [6.07, 6.45) is 4.48. The van der Waals surface area contributed by atoms with Gasteiger partial charge in [0.15, 0.2) is 5.60 Å². The van der Waals surface area contributed by atoms with Crippen molar-refractivity contribution in [1.82, 2.24) is 0 Å². The summed E-state index contributed by atoms with van der Waals surface area (Å²) < 4.78 is 24.4. The van der Waals surface area contributed by atoms with E-state index in [0.29, 0.717) is 0 Å². The van der Waals surface area contributed by atoms with E-state index in [0.717, 1.165) is 56.0 Å². The Balaban J connectivity index is 1.46. The second kappa shape index (κ2) is 10.6. The van der Waals surface area contributed by atoms with Gasteiger partial charge in [-0.15, -0.1) is 0 Å². The molecule has 0 fully saturated rings. The van der Waals surface area contributed by atoms with Crippen molar-refractivity contribution in [1.29, 1.82) is 0 Å². The Morgan fingerprint density at radius 2 is 1.20 bits per heavy atom. The van der Waals surface area contributed by atoms with E-state index in [1.165, 1.54) is 22.3 Å². The number of fused-ring (bicyclic) bond motifs is 8. The monoisotopic (exact) mass is 602 g/mol. The van der Waals surface area contributed by atoms with Crippen LogP contribution in [0.4, 0.5) is 0 Å². The first kappa shape index (κ1) is 28.0. The maximum atomic E-state index is 7.40. The fraction of sp³-hybridized carbons (Fsp3) is 0.143. The lowest BCUT2D eigenvalue weighted by atomic mass is 9.72. The average molecular weight is 603 g/mol. The molecule has 0 radical (unpaired) electrons. The Morgan fingerprint density at radius 1 is 0.565 bits per heavy atom. The van der Waals surface area contributed by atoms with Crippen molar-refractivity contribution in [3.63, 3.8) is 0 Å². The highest BCUT2D eigenvalue weighted by Gasteiger charge is 2.46. The third kappa shape index (κ3) is 3.93. The summed E-state index contributed by atoms with van der Waals surface area (Å²) in [5.74, 6) is 3.33. The molecule has 1 heterocycles. The fourth-order valence-electron chi connectivity index (χ4n) is 7.54. The summed E-state index contributed by atoms with van der Waals surface area (Å²) in [6.45, 7) is 2.32. The molecule has 6 aromatic rings. The van der Waals surface area contributed by atoms with Gasteiger partial charge in [0.2, 0.25) is 0 Å². The number of hydrogen-bond acceptors (Lipinski definition) is 4. The van der Waals surface area contributed by atoms with Gasteiger partial charge in [0, 0.05) is 27.5 Å². The first-order valence-corrected chi connectivity index (χ1v) is 15.5. The molecule has 0 saturated heterocycles. The van der Waals surface area contributed by atoms with Crippen LogP contribution in [0.3, 0.4) is 0 Å². The van der Waals surface area contributed by atoms with E-state index in [-0.39, 0.29) is 0 Å². The van der Waals surface area contributed by atoms with Crippen LogP contribution in [0, 0.1) is 0 Å². The van der Waals surface area contributed by atoms with Gasteiger partial charge in [0.1, 0.15) is 23.0 Å². The van der Waals surface area contributed by atoms with Crippen LogP contribution in [-0.2, 0) is 11.0 Å². The van der Waals surface area contributed by atoms with Crippen LogP contribution in [0.15, 0.2) is 127 Å². The normalized spacial score (nSPS) is 19.1. The van der Waals surface area contributed by atoms with E-state index >= 15 is 0 Å². The fourth-order valence-corrected chi connectivity index (χ4v) is 7.54. The first-order chi connectivity index (χ1) is 22.5. The molecule has 0 N–H and O–H groups in total. The molecule has 6 aromatic carbocycles. The molecule has 1 aliphatic heterocycles. The topological polar surface area (TPSA) is 36.9 Å². The van der Waals surface area contributed by atoms with Crippen molar-refractivity contribution in [3.8, 4) is 34.1 Å². The molecule has 1 aliphatic carbocycles. The van der Waals surface area contributed by atoms with Crippen molar-refractivity contribution < 1.29 is 18.9 Å². The number of hydrogen-bond donors (Lipinski definition) is 0. The second-order valence-corrected chi connectivity index (χ2v) is 12.1. The van der Waals surface area contributed by atoms with E-state index in [4.69, 9.17) is 18.9 Å². The molecule has 2 unspecified atom stereocenters. The van der Waals surface area contributed by atoms with Gasteiger partial charge in [0.25, 0.3) is 0 Å². The maximum Gasteiger partial charge on any atom is 0.178 e. The molecule has 0 spiro atoms. The van der Waals surface area contributed by atoms with Crippen molar-refractivity contribution in [3.05, 3.63) is 161 Å². The van der Waals surface area contributed by atoms with Crippen molar-refractivity contribution >= 4 is 16.8 Å². The Kier molecular flexibility index (Phi) is 6.43. The van der Waals surface area contributed by atoms with Gasteiger partial charge < -0.3 is 18.9 Å². The zero-order valence-corrected chi connectivity index (χ0v) is 26.3. The van der Waals surface area contributed by atoms with Gasteiger partial charge in [-0.2, -0.15) is 0 Å². The van der Waals surface area contributed by atoms with E-state index in [9.17, 15) is 0 Å². The van der Waals surface area contributed by atoms with Crippen LogP contribution in [0.1, 0.15) is 40.3 Å². The lowest BCUT2D eigenvalue weighted by Crippen LogP contribution is -2.34. The number of ether oxygens (including phenoxy) is 4. The lowest BCUT2D eigenvalue weighted by Gasteiger charge is -2.38. The van der Waals surface area contributed by atoms with E-state index in [2.05, 4.69) is 116 Å². The van der Waals surface area contributed by atoms with Crippen LogP contribution in [0.5, 0.6) is 23.0 Å². The molecular formula is C42H34O4. The summed E-state index contributed by atoms with van der Waals surface area (Å²) in [7, 11) is 5.13. The molecule has 2 atom stereocenters. The van der Waals surface area contributed by atoms with Crippen molar-refractivity contribution in [2.45, 2.75) is 17.9 Å². The summed E-state index contributed by atoms with van der Waals surface area (Å²) in [5, 5.41) is 2.23. The van der Waals surface area contributed by atoms with E-state index < -0.39 is 11.0 Å². The molecule has 226 valence electrons. The highest BCUT2D eigenvalue weighted by atomic mass is 16.5. The third-order valence-corrected chi connectivity index (χ3v) is 9.86. The summed E-state index contributed by atoms with van der Waals surface area (Å²) in [6, 6.07) is 42.1. The molecule has 8 rings (SSSR count). The number of benzene rings is 6. The molecule has 4 nitrogen and oxygen atoms in total. The minimum Gasteiger partial charge on any atom is -0.497 e. The highest BCUT2D eigenvalue weighted by Crippen LogP contribution is 2.60. The molecule has 0 amide bonds. The van der Waals surface area contributed by atoms with Crippen LogP contribution in [0.2, 0.25) is 0 Å². The number of methoxy groups -OCH3 is 3. The van der Waals surface area contributed by atoms with Crippen LogP contribution in [0.25, 0.3) is 28.0 Å². The summed E-state index contributed by atoms with van der Waals surface area (Å²) in [4.78, 5) is 0. The number of rotatable bonds is 6. The third-order valence-electron chi connectivity index (χ3n) is 9.86. The van der Waals surface area contributed by atoms with Gasteiger partial charge in [-0.1, -0.05) is 84.9 Å². The van der Waals surface area contributed by atoms with Gasteiger partial charge >= 0.3 is 0 Å². The van der Waals surface area contributed by atoms with Gasteiger partial charge in [-0.25, -0.2) is 0 Å². The van der Waals surface area contributed by atoms with Crippen molar-refractivity contribution in [2.75, 3.05) is 21.3 Å². The average Bonchev–Trinajstić information content (AvgIpc) is 3.40. The lowest BCUT2D eigenvalue weighted by molar-refractivity contribution is 0.163. The summed E-state index contributed by atoms with van der Waals surface area (Å²) in [5.41, 5.74) is 7.79. The Labute approximate surface area is 269 Å². The van der Waals surface area contributed by atoms with E-state index in [1.54, 1.807) is 21.3 Å². The minimum absolute atomic E-state index is 0.486.